The van der Waals surface area contributed by atoms with E-state index in [-0.39, 0.29) is 4.90 Å². The van der Waals surface area contributed by atoms with Gasteiger partial charge in [-0.1, -0.05) is 0 Å². The molecular weight excluding hydrogens is 254 g/mol. The zero-order chi connectivity index (χ0) is 13.2. The molecule has 2 heterocycles. The maximum Gasteiger partial charge on any atom is 0.265 e. The molecule has 0 saturated heterocycles. The Bertz CT molecular complexity index is 650. The van der Waals surface area contributed by atoms with E-state index in [1.54, 1.807) is 26.4 Å². The fraction of sp³-hybridized carbons (Fsp3) is 0.200. The van der Waals surface area contributed by atoms with Crippen LogP contribution in [0.1, 0.15) is 0 Å². The number of nitrogens with one attached hydrogen (secondary N) is 2. The Kier molecular flexibility index (Phi) is 3.19. The molecule has 2 aromatic heterocycles. The van der Waals surface area contributed by atoms with Crippen molar-refractivity contribution in [1.29, 1.82) is 0 Å². The fourth-order valence-electron chi connectivity index (χ4n) is 1.48. The average Bonchev–Trinajstić information content (AvgIpc) is 2.74. The van der Waals surface area contributed by atoms with Gasteiger partial charge in [0.1, 0.15) is 4.90 Å². The summed E-state index contributed by atoms with van der Waals surface area (Å²) in [5.41, 5.74) is 0.893. The van der Waals surface area contributed by atoms with Crippen LogP contribution in [0.5, 0.6) is 0 Å². The van der Waals surface area contributed by atoms with Gasteiger partial charge in [0.25, 0.3) is 10.0 Å². The lowest BCUT2D eigenvalue weighted by Crippen LogP contribution is -2.14. The minimum absolute atomic E-state index is 0.0938. The van der Waals surface area contributed by atoms with Gasteiger partial charge in [0.2, 0.25) is 0 Å². The molecule has 0 aromatic carbocycles. The molecule has 2 rings (SSSR count). The number of hydrogen-bond acceptors (Lipinski definition) is 5. The molecule has 0 bridgehead atoms. The molecule has 0 unspecified atom stereocenters. The van der Waals surface area contributed by atoms with Crippen molar-refractivity contribution in [2.45, 2.75) is 4.90 Å². The summed E-state index contributed by atoms with van der Waals surface area (Å²) in [5.74, 6) is 0. The molecular formula is C10H13N5O2S. The molecule has 0 fully saturated rings. The highest BCUT2D eigenvalue weighted by atomic mass is 32.2. The average molecular weight is 267 g/mol. The largest absolute Gasteiger partial charge is 0.387 e. The van der Waals surface area contributed by atoms with Gasteiger partial charge in [-0.3, -0.25) is 14.4 Å². The first kappa shape index (κ1) is 12.4. The van der Waals surface area contributed by atoms with Crippen LogP contribution in [0.25, 0.3) is 0 Å². The summed E-state index contributed by atoms with van der Waals surface area (Å²) in [6.45, 7) is 0. The van der Waals surface area contributed by atoms with Gasteiger partial charge in [0, 0.05) is 32.7 Å². The zero-order valence-electron chi connectivity index (χ0n) is 9.95. The van der Waals surface area contributed by atoms with Gasteiger partial charge in [0.15, 0.2) is 0 Å². The quantitative estimate of drug-likeness (QED) is 0.849. The Morgan fingerprint density at radius 3 is 2.72 bits per heavy atom. The van der Waals surface area contributed by atoms with Crippen LogP contribution < -0.4 is 10.0 Å². The van der Waals surface area contributed by atoms with Crippen LogP contribution in [0.2, 0.25) is 0 Å². The van der Waals surface area contributed by atoms with Crippen LogP contribution in [0.15, 0.2) is 35.7 Å². The van der Waals surface area contributed by atoms with Gasteiger partial charge in [-0.05, 0) is 6.07 Å². The van der Waals surface area contributed by atoms with Crippen LogP contribution >= 0.6 is 0 Å². The topological polar surface area (TPSA) is 88.9 Å². The summed E-state index contributed by atoms with van der Waals surface area (Å²) in [4.78, 5) is 3.92. The predicted molar refractivity (Wildman–Crippen MR) is 67.8 cm³/mol. The van der Waals surface area contributed by atoms with E-state index in [2.05, 4.69) is 20.1 Å². The smallest absolute Gasteiger partial charge is 0.265 e. The lowest BCUT2D eigenvalue weighted by Gasteiger charge is -2.09. The Balaban J connectivity index is 2.36. The minimum atomic E-state index is -3.67. The second-order valence-electron chi connectivity index (χ2n) is 3.63. The third-order valence-electron chi connectivity index (χ3n) is 2.30. The van der Waals surface area contributed by atoms with Crippen LogP contribution in [0, 0.1) is 0 Å². The van der Waals surface area contributed by atoms with Crippen LogP contribution in [-0.2, 0) is 17.1 Å². The number of aryl methyl sites for hydroxylation is 1. The standard InChI is InChI=1S/C10H13N5O2S/c1-11-9-3-4-12-6-10(9)18(16,17)14-8-5-13-15(2)7-8/h3-7,14H,1-2H3,(H,11,12). The molecule has 96 valence electrons. The first-order valence-electron chi connectivity index (χ1n) is 5.16. The van der Waals surface area contributed by atoms with Crippen molar-refractivity contribution in [3.63, 3.8) is 0 Å². The molecule has 2 aromatic rings. The summed E-state index contributed by atoms with van der Waals surface area (Å²) in [7, 11) is -0.311. The van der Waals surface area contributed by atoms with Crippen LogP contribution in [-0.4, -0.2) is 30.2 Å². The third kappa shape index (κ3) is 2.43. The molecule has 8 heteroatoms. The van der Waals surface area contributed by atoms with Gasteiger partial charge >= 0.3 is 0 Å². The second kappa shape index (κ2) is 4.65. The summed E-state index contributed by atoms with van der Waals surface area (Å²) >= 11 is 0. The lowest BCUT2D eigenvalue weighted by molar-refractivity contribution is 0.601. The molecule has 0 atom stereocenters. The van der Waals surface area contributed by atoms with E-state index >= 15 is 0 Å². The van der Waals surface area contributed by atoms with Crippen LogP contribution in [0.4, 0.5) is 11.4 Å². The molecule has 0 aliphatic heterocycles. The predicted octanol–water partition coefficient (Wildman–Crippen LogP) is 0.658. The van der Waals surface area contributed by atoms with Gasteiger partial charge < -0.3 is 5.32 Å². The summed E-state index contributed by atoms with van der Waals surface area (Å²) in [6.07, 6.45) is 5.83. The highest BCUT2D eigenvalue weighted by Crippen LogP contribution is 2.21. The van der Waals surface area contributed by atoms with Crippen molar-refractivity contribution in [1.82, 2.24) is 14.8 Å². The second-order valence-corrected chi connectivity index (χ2v) is 5.28. The maximum absolute atomic E-state index is 12.2. The monoisotopic (exact) mass is 267 g/mol. The van der Waals surface area contributed by atoms with Gasteiger partial charge in [-0.15, -0.1) is 0 Å². The van der Waals surface area contributed by atoms with E-state index in [4.69, 9.17) is 0 Å². The number of nitrogens with zero attached hydrogens (tertiary/aromatic N) is 3. The molecule has 0 spiro atoms. The molecule has 0 amide bonds. The first-order valence-corrected chi connectivity index (χ1v) is 6.64. The van der Waals surface area contributed by atoms with Crippen LogP contribution in [0.3, 0.4) is 0 Å². The number of sulfonamides is 1. The SMILES string of the molecule is CNc1ccncc1S(=O)(=O)Nc1cnn(C)c1. The summed E-state index contributed by atoms with van der Waals surface area (Å²) in [6, 6.07) is 1.60. The van der Waals surface area contributed by atoms with E-state index in [1.807, 2.05) is 0 Å². The fourth-order valence-corrected chi connectivity index (χ4v) is 2.67. The molecule has 0 aliphatic rings. The van der Waals surface area contributed by atoms with Crippen molar-refractivity contribution < 1.29 is 8.42 Å². The van der Waals surface area contributed by atoms with E-state index in [0.717, 1.165) is 0 Å². The van der Waals surface area contributed by atoms with Gasteiger partial charge in [-0.2, -0.15) is 5.10 Å². The molecule has 18 heavy (non-hydrogen) atoms. The minimum Gasteiger partial charge on any atom is -0.387 e. The molecule has 7 nitrogen and oxygen atoms in total. The number of pyridine rings is 1. The first-order chi connectivity index (χ1) is 8.53. The normalized spacial score (nSPS) is 11.2. The maximum atomic E-state index is 12.2. The number of anilines is 2. The Labute approximate surface area is 105 Å². The van der Waals surface area contributed by atoms with Crippen molar-refractivity contribution in [3.05, 3.63) is 30.9 Å². The number of hydrogen-bond donors (Lipinski definition) is 2. The molecule has 0 saturated carbocycles. The number of aromatic nitrogens is 3. The highest BCUT2D eigenvalue weighted by Gasteiger charge is 2.18. The lowest BCUT2D eigenvalue weighted by atomic mass is 10.4. The van der Waals surface area contributed by atoms with Gasteiger partial charge in [0.05, 0.1) is 17.6 Å². The van der Waals surface area contributed by atoms with Crippen molar-refractivity contribution >= 4 is 21.4 Å². The Morgan fingerprint density at radius 2 is 2.11 bits per heavy atom. The summed E-state index contributed by atoms with van der Waals surface area (Å²) in [5, 5.41) is 6.71. The van der Waals surface area contributed by atoms with Gasteiger partial charge in [-0.25, -0.2) is 8.42 Å². The third-order valence-corrected chi connectivity index (χ3v) is 3.71. The molecule has 2 N–H and O–H groups in total. The highest BCUT2D eigenvalue weighted by molar-refractivity contribution is 7.92. The van der Waals surface area contributed by atoms with Crippen molar-refractivity contribution in [2.75, 3.05) is 17.1 Å². The number of rotatable bonds is 4. The van der Waals surface area contributed by atoms with E-state index < -0.39 is 10.0 Å². The summed E-state index contributed by atoms with van der Waals surface area (Å²) < 4.78 is 28.3. The van der Waals surface area contributed by atoms with E-state index in [9.17, 15) is 8.42 Å². The molecule has 0 aliphatic carbocycles. The van der Waals surface area contributed by atoms with Crippen molar-refractivity contribution in [3.8, 4) is 0 Å². The zero-order valence-corrected chi connectivity index (χ0v) is 10.8. The van der Waals surface area contributed by atoms with E-state index in [0.29, 0.717) is 11.4 Å². The van der Waals surface area contributed by atoms with Crippen molar-refractivity contribution in [2.24, 2.45) is 7.05 Å². The molecule has 0 radical (unpaired) electrons. The Hall–Kier alpha value is -2.09. The van der Waals surface area contributed by atoms with E-state index in [1.165, 1.54) is 23.3 Å². The Morgan fingerprint density at radius 1 is 1.33 bits per heavy atom.